The van der Waals surface area contributed by atoms with Gasteiger partial charge >= 0.3 is 13.4 Å². The number of hydrogen-bond donors (Lipinski definition) is 2. The second-order valence-electron chi connectivity index (χ2n) is 10.3. The van der Waals surface area contributed by atoms with Crippen molar-refractivity contribution in [3.63, 3.8) is 0 Å². The van der Waals surface area contributed by atoms with Gasteiger partial charge < -0.3 is 18.9 Å². The molecule has 0 aliphatic rings. The normalized spacial score (nSPS) is 12.3. The van der Waals surface area contributed by atoms with Crippen molar-refractivity contribution in [2.24, 2.45) is 0 Å². The van der Waals surface area contributed by atoms with Crippen LogP contribution < -0.4 is 14.1 Å². The molecule has 0 aliphatic carbocycles. The Kier molecular flexibility index (Phi) is 9.70. The number of hydrogen-bond acceptors (Lipinski definition) is 10. The highest BCUT2D eigenvalue weighted by molar-refractivity contribution is 8.10. The molecule has 1 aromatic heterocycles. The fraction of sp³-hybridized carbons (Fsp3) is 0.129. The first-order valence-electron chi connectivity index (χ1n) is 13.7. The van der Waals surface area contributed by atoms with Crippen LogP contribution in [0.2, 0.25) is 0 Å². The number of phosphoric acid groups is 1. The largest absolute Gasteiger partial charge is 0.497 e. The van der Waals surface area contributed by atoms with E-state index in [1.807, 2.05) is 0 Å². The lowest BCUT2D eigenvalue weighted by Crippen LogP contribution is -2.37. The SMILES string of the molecule is Cc1ccc(S(=O)(=O)N(c2ccc3oc(=O)c(Cc4ccccc4OCOOP(=O)(O)O)cc3c2)S(=O)(=O)c2ccc(C)cc2)cc1. The van der Waals surface area contributed by atoms with E-state index in [1.54, 1.807) is 56.3 Å². The van der Waals surface area contributed by atoms with Gasteiger partial charge in [-0.25, -0.2) is 26.2 Å². The second kappa shape index (κ2) is 13.4. The molecule has 0 fully saturated rings. The third kappa shape index (κ3) is 7.80. The van der Waals surface area contributed by atoms with Crippen LogP contribution in [-0.2, 0) is 40.6 Å². The summed E-state index contributed by atoms with van der Waals surface area (Å²) in [6, 6.07) is 23.3. The van der Waals surface area contributed by atoms with Crippen molar-refractivity contribution in [1.82, 2.24) is 0 Å². The number of ether oxygens (including phenoxy) is 1. The van der Waals surface area contributed by atoms with Gasteiger partial charge in [0, 0.05) is 17.4 Å². The minimum Gasteiger partial charge on any atom is -0.464 e. The summed E-state index contributed by atoms with van der Waals surface area (Å²) in [4.78, 5) is 34.3. The van der Waals surface area contributed by atoms with Crippen LogP contribution in [0.1, 0.15) is 22.3 Å². The van der Waals surface area contributed by atoms with E-state index in [0.29, 0.717) is 9.27 Å². The van der Waals surface area contributed by atoms with Gasteiger partial charge in [0.15, 0.2) is 0 Å². The highest BCUT2D eigenvalue weighted by Gasteiger charge is 2.37. The lowest BCUT2D eigenvalue weighted by Gasteiger charge is -2.24. The maximum Gasteiger partial charge on any atom is 0.497 e. The Hall–Kier alpha value is -4.34. The zero-order valence-electron chi connectivity index (χ0n) is 24.8. The van der Waals surface area contributed by atoms with Gasteiger partial charge in [-0.2, -0.15) is 8.60 Å². The van der Waals surface area contributed by atoms with Gasteiger partial charge in [-0.3, -0.25) is 0 Å². The molecule has 0 atom stereocenters. The molecule has 246 valence electrons. The fourth-order valence-corrected chi connectivity index (χ4v) is 8.44. The standard InChI is InChI=1S/C31H28NO12PS2/c1-21-7-12-27(13-8-21)46(37,38)32(47(39,40)28-14-9-22(2)10-15-28)26-11-16-30-24(19-26)18-25(31(33)43-30)17-23-5-3-4-6-29(23)41-20-42-44-45(34,35)36/h3-16,18-19H,17,20H2,1-2H3,(H2,34,35,36). The average Bonchev–Trinajstić information content (AvgIpc) is 3.00. The Bertz CT molecular complexity index is 2170. The van der Waals surface area contributed by atoms with Crippen LogP contribution in [0, 0.1) is 13.8 Å². The molecule has 2 N–H and O–H groups in total. The number of sulfonamides is 2. The van der Waals surface area contributed by atoms with Crippen molar-refractivity contribution in [3.05, 3.63) is 130 Å². The molecule has 13 nitrogen and oxygen atoms in total. The zero-order chi connectivity index (χ0) is 34.0. The van der Waals surface area contributed by atoms with Crippen molar-refractivity contribution in [2.45, 2.75) is 30.1 Å². The third-order valence-electron chi connectivity index (χ3n) is 6.84. The summed E-state index contributed by atoms with van der Waals surface area (Å²) in [6.45, 7) is 2.86. The van der Waals surface area contributed by atoms with Crippen LogP contribution in [0.5, 0.6) is 5.75 Å². The van der Waals surface area contributed by atoms with Gasteiger partial charge in [0.1, 0.15) is 11.3 Å². The van der Waals surface area contributed by atoms with E-state index in [0.717, 1.165) is 11.1 Å². The molecule has 0 saturated heterocycles. The predicted octanol–water partition coefficient (Wildman–Crippen LogP) is 4.96. The van der Waals surface area contributed by atoms with E-state index in [1.165, 1.54) is 54.6 Å². The van der Waals surface area contributed by atoms with Gasteiger partial charge in [0.25, 0.3) is 20.0 Å². The van der Waals surface area contributed by atoms with E-state index >= 15 is 0 Å². The summed E-state index contributed by atoms with van der Waals surface area (Å²) < 4.78 is 82.1. The fourth-order valence-electron chi connectivity index (χ4n) is 4.58. The second-order valence-corrected chi connectivity index (χ2v) is 15.3. The summed E-state index contributed by atoms with van der Waals surface area (Å²) in [7, 11) is -14.3. The van der Waals surface area contributed by atoms with Gasteiger partial charge in [-0.05, 0) is 74.0 Å². The quantitative estimate of drug-likeness (QED) is 0.0445. The Morgan fingerprint density at radius 1 is 0.766 bits per heavy atom. The molecule has 0 saturated carbocycles. The van der Waals surface area contributed by atoms with Crippen LogP contribution >= 0.6 is 7.82 Å². The van der Waals surface area contributed by atoms with Gasteiger partial charge in [-0.15, -0.1) is 4.67 Å². The van der Waals surface area contributed by atoms with E-state index in [4.69, 9.17) is 18.9 Å². The monoisotopic (exact) mass is 701 g/mol. The number of nitrogens with zero attached hydrogens (tertiary/aromatic N) is 1. The first-order chi connectivity index (χ1) is 22.1. The number of rotatable bonds is 12. The average molecular weight is 702 g/mol. The van der Waals surface area contributed by atoms with Crippen molar-refractivity contribution < 1.29 is 49.9 Å². The van der Waals surface area contributed by atoms with Crippen molar-refractivity contribution in [3.8, 4) is 5.75 Å². The molecule has 0 spiro atoms. The molecule has 5 rings (SSSR count). The van der Waals surface area contributed by atoms with Gasteiger partial charge in [0.2, 0.25) is 6.79 Å². The van der Waals surface area contributed by atoms with Crippen LogP contribution in [0.3, 0.4) is 0 Å². The first kappa shape index (κ1) is 34.0. The molecule has 0 aliphatic heterocycles. The molecule has 4 aromatic carbocycles. The molecule has 47 heavy (non-hydrogen) atoms. The topological polar surface area (TPSA) is 187 Å². The molecule has 0 radical (unpaired) electrons. The maximum absolute atomic E-state index is 14.0. The van der Waals surface area contributed by atoms with E-state index in [9.17, 15) is 26.2 Å². The van der Waals surface area contributed by atoms with Crippen molar-refractivity contribution in [1.29, 1.82) is 0 Å². The Morgan fingerprint density at radius 3 is 1.91 bits per heavy atom. The summed E-state index contributed by atoms with van der Waals surface area (Å²) in [6.07, 6.45) is -0.0505. The zero-order valence-corrected chi connectivity index (χ0v) is 27.4. The molecule has 0 amide bonds. The highest BCUT2D eigenvalue weighted by Crippen LogP contribution is 2.36. The van der Waals surface area contributed by atoms with Crippen LogP contribution in [0.4, 0.5) is 5.69 Å². The Balaban J connectivity index is 1.56. The molecule has 16 heteroatoms. The van der Waals surface area contributed by atoms with Crippen LogP contribution in [-0.4, -0.2) is 33.4 Å². The number of fused-ring (bicyclic) bond motifs is 1. The molecule has 0 bridgehead atoms. The number of aryl methyl sites for hydroxylation is 2. The lowest BCUT2D eigenvalue weighted by atomic mass is 10.0. The van der Waals surface area contributed by atoms with Gasteiger partial charge in [0.05, 0.1) is 15.5 Å². The van der Waals surface area contributed by atoms with Crippen molar-refractivity contribution >= 4 is 44.5 Å². The predicted molar refractivity (Wildman–Crippen MR) is 171 cm³/mol. The van der Waals surface area contributed by atoms with Gasteiger partial charge in [-0.1, -0.05) is 53.6 Å². The third-order valence-corrected chi connectivity index (χ3v) is 11.3. The highest BCUT2D eigenvalue weighted by atomic mass is 32.3. The van der Waals surface area contributed by atoms with Crippen LogP contribution in [0.25, 0.3) is 11.0 Å². The van der Waals surface area contributed by atoms with E-state index in [2.05, 4.69) is 9.56 Å². The molecular formula is C31H28NO12PS2. The molecular weight excluding hydrogens is 673 g/mol. The number of para-hydroxylation sites is 1. The van der Waals surface area contributed by atoms with E-state index < -0.39 is 40.3 Å². The Morgan fingerprint density at radius 2 is 1.34 bits per heavy atom. The Labute approximate surface area is 269 Å². The first-order valence-corrected chi connectivity index (χ1v) is 18.1. The summed E-state index contributed by atoms with van der Waals surface area (Å²) in [5, 5.41) is 0.233. The molecule has 5 aromatic rings. The molecule has 1 heterocycles. The van der Waals surface area contributed by atoms with Crippen LogP contribution in [0.15, 0.2) is 116 Å². The summed E-state index contributed by atoms with van der Waals surface area (Å²) >= 11 is 0. The number of anilines is 1. The van der Waals surface area contributed by atoms with Crippen molar-refractivity contribution in [2.75, 3.05) is 10.5 Å². The minimum absolute atomic E-state index is 0.0505. The number of benzene rings is 4. The summed E-state index contributed by atoms with van der Waals surface area (Å²) in [5.74, 6) is 0.203. The maximum atomic E-state index is 14.0. The molecule has 0 unspecified atom stereocenters. The smallest absolute Gasteiger partial charge is 0.464 e. The lowest BCUT2D eigenvalue weighted by molar-refractivity contribution is -0.258. The summed E-state index contributed by atoms with van der Waals surface area (Å²) in [5.41, 5.74) is 1.28. The minimum atomic E-state index is -4.89. The van der Waals surface area contributed by atoms with E-state index in [-0.39, 0.29) is 44.2 Å².